The third-order valence-corrected chi connectivity index (χ3v) is 6.04. The largest absolute Gasteiger partial charge is 0.462 e. The Bertz CT molecular complexity index is 1240. The van der Waals surface area contributed by atoms with E-state index in [1.54, 1.807) is 31.2 Å². The minimum atomic E-state index is -0.864. The SMILES string of the molecule is CCOC(=O)c1sc(NC(=O)CC[C@@H]2NC(=O)c3ccccc3NC2=O)nc1-c1ccccc1. The van der Waals surface area contributed by atoms with Crippen LogP contribution in [-0.4, -0.2) is 41.3 Å². The molecule has 0 radical (unpaired) electrons. The van der Waals surface area contributed by atoms with Gasteiger partial charge in [0.1, 0.15) is 10.9 Å². The maximum atomic E-state index is 12.6. The summed E-state index contributed by atoms with van der Waals surface area (Å²) < 4.78 is 5.13. The number of hydrogen-bond acceptors (Lipinski definition) is 7. The van der Waals surface area contributed by atoms with Gasteiger partial charge < -0.3 is 20.7 Å². The number of para-hydroxylation sites is 1. The van der Waals surface area contributed by atoms with Crippen molar-refractivity contribution in [2.45, 2.75) is 25.8 Å². The second kappa shape index (κ2) is 10.3. The molecule has 0 bridgehead atoms. The van der Waals surface area contributed by atoms with Crippen LogP contribution in [0, 0.1) is 0 Å². The van der Waals surface area contributed by atoms with E-state index in [1.165, 1.54) is 0 Å². The maximum Gasteiger partial charge on any atom is 0.350 e. The number of carbonyl (C=O) groups is 4. The van der Waals surface area contributed by atoms with Gasteiger partial charge in [-0.3, -0.25) is 14.4 Å². The number of fused-ring (bicyclic) bond motifs is 1. The van der Waals surface area contributed by atoms with Gasteiger partial charge in [-0.15, -0.1) is 0 Å². The highest BCUT2D eigenvalue weighted by Gasteiger charge is 2.28. The van der Waals surface area contributed by atoms with Crippen molar-refractivity contribution in [3.8, 4) is 11.3 Å². The van der Waals surface area contributed by atoms with Crippen molar-refractivity contribution in [2.24, 2.45) is 0 Å². The molecule has 0 saturated heterocycles. The standard InChI is InChI=1S/C24H22N4O5S/c1-2-33-23(32)20-19(14-8-4-3-5-9-14)28-24(34-20)27-18(29)13-12-17-22(31)25-16-11-7-6-10-15(16)21(30)26-17/h3-11,17H,2,12-13H2,1H3,(H,25,31)(H,26,30)(H,27,28,29)/t17-/m0/s1. The van der Waals surface area contributed by atoms with Crippen molar-refractivity contribution in [2.75, 3.05) is 17.2 Å². The van der Waals surface area contributed by atoms with E-state index >= 15 is 0 Å². The highest BCUT2D eigenvalue weighted by Crippen LogP contribution is 2.32. The van der Waals surface area contributed by atoms with Crippen LogP contribution in [0.1, 0.15) is 39.8 Å². The molecule has 1 atom stereocenters. The fourth-order valence-corrected chi connectivity index (χ4v) is 4.37. The van der Waals surface area contributed by atoms with Gasteiger partial charge in [0.25, 0.3) is 5.91 Å². The summed E-state index contributed by atoms with van der Waals surface area (Å²) in [5, 5.41) is 8.30. The molecule has 1 aliphatic rings. The predicted octanol–water partition coefficient (Wildman–Crippen LogP) is 3.46. The van der Waals surface area contributed by atoms with Gasteiger partial charge in [-0.25, -0.2) is 9.78 Å². The number of nitrogens with one attached hydrogen (secondary N) is 3. The predicted molar refractivity (Wildman–Crippen MR) is 128 cm³/mol. The van der Waals surface area contributed by atoms with Crippen molar-refractivity contribution in [3.05, 3.63) is 65.0 Å². The van der Waals surface area contributed by atoms with Gasteiger partial charge in [0, 0.05) is 12.0 Å². The molecule has 9 nitrogen and oxygen atoms in total. The highest BCUT2D eigenvalue weighted by molar-refractivity contribution is 7.18. The van der Waals surface area contributed by atoms with Crippen molar-refractivity contribution in [1.29, 1.82) is 0 Å². The quantitative estimate of drug-likeness (QED) is 0.447. The molecule has 3 N–H and O–H groups in total. The summed E-state index contributed by atoms with van der Waals surface area (Å²) >= 11 is 1.02. The number of rotatable bonds is 7. The average molecular weight is 479 g/mol. The third-order valence-electron chi connectivity index (χ3n) is 5.09. The minimum Gasteiger partial charge on any atom is -0.462 e. The number of hydrogen-bond donors (Lipinski definition) is 3. The van der Waals surface area contributed by atoms with Gasteiger partial charge in [0.2, 0.25) is 11.8 Å². The number of amides is 3. The van der Waals surface area contributed by atoms with Crippen LogP contribution in [-0.2, 0) is 14.3 Å². The van der Waals surface area contributed by atoms with Gasteiger partial charge in [-0.2, -0.15) is 0 Å². The first-order valence-corrected chi connectivity index (χ1v) is 11.5. The molecular formula is C24H22N4O5S. The van der Waals surface area contributed by atoms with Crippen LogP contribution in [0.3, 0.4) is 0 Å². The van der Waals surface area contributed by atoms with Crippen LogP contribution in [0.15, 0.2) is 54.6 Å². The van der Waals surface area contributed by atoms with Crippen LogP contribution in [0.2, 0.25) is 0 Å². The molecule has 0 unspecified atom stereocenters. The van der Waals surface area contributed by atoms with E-state index in [-0.39, 0.29) is 35.4 Å². The Morgan fingerprint density at radius 2 is 1.82 bits per heavy atom. The van der Waals surface area contributed by atoms with Gasteiger partial charge in [0.15, 0.2) is 5.13 Å². The van der Waals surface area contributed by atoms with Crippen LogP contribution >= 0.6 is 11.3 Å². The van der Waals surface area contributed by atoms with Crippen LogP contribution in [0.25, 0.3) is 11.3 Å². The van der Waals surface area contributed by atoms with Crippen molar-refractivity contribution >= 4 is 45.8 Å². The molecule has 4 rings (SSSR count). The first-order chi connectivity index (χ1) is 16.5. The summed E-state index contributed by atoms with van der Waals surface area (Å²) in [5.41, 5.74) is 1.94. The van der Waals surface area contributed by atoms with Crippen LogP contribution in [0.4, 0.5) is 10.8 Å². The molecule has 1 aromatic heterocycles. The molecule has 3 amide bonds. The lowest BCUT2D eigenvalue weighted by Gasteiger charge is -2.13. The first kappa shape index (κ1) is 23.1. The maximum absolute atomic E-state index is 12.6. The fourth-order valence-electron chi connectivity index (χ4n) is 3.47. The molecule has 10 heteroatoms. The number of carbonyl (C=O) groups excluding carboxylic acids is 4. The number of aromatic nitrogens is 1. The zero-order valence-corrected chi connectivity index (χ0v) is 19.1. The Morgan fingerprint density at radius 1 is 1.09 bits per heavy atom. The number of thiazole rings is 1. The van der Waals surface area contributed by atoms with Crippen molar-refractivity contribution in [3.63, 3.8) is 0 Å². The van der Waals surface area contributed by atoms with E-state index in [4.69, 9.17) is 4.74 Å². The molecule has 0 fully saturated rings. The number of ether oxygens (including phenoxy) is 1. The van der Waals surface area contributed by atoms with E-state index in [0.717, 1.165) is 16.9 Å². The Kier molecular flexibility index (Phi) is 6.98. The van der Waals surface area contributed by atoms with E-state index < -0.39 is 23.8 Å². The minimum absolute atomic E-state index is 0.0380. The molecule has 2 aromatic carbocycles. The summed E-state index contributed by atoms with van der Waals surface area (Å²) in [6.07, 6.45) is 0.0583. The second-order valence-electron chi connectivity index (χ2n) is 7.43. The molecule has 174 valence electrons. The zero-order valence-electron chi connectivity index (χ0n) is 18.3. The molecule has 3 aromatic rings. The van der Waals surface area contributed by atoms with Crippen molar-refractivity contribution < 1.29 is 23.9 Å². The number of benzene rings is 2. The molecule has 0 aliphatic carbocycles. The Morgan fingerprint density at radius 3 is 2.59 bits per heavy atom. The lowest BCUT2D eigenvalue weighted by molar-refractivity contribution is -0.118. The highest BCUT2D eigenvalue weighted by atomic mass is 32.1. The number of anilines is 2. The normalized spacial score (nSPS) is 14.9. The van der Waals surface area contributed by atoms with Gasteiger partial charge >= 0.3 is 5.97 Å². The Hall–Kier alpha value is -4.05. The summed E-state index contributed by atoms with van der Waals surface area (Å²) in [7, 11) is 0. The molecular weight excluding hydrogens is 456 g/mol. The summed E-state index contributed by atoms with van der Waals surface area (Å²) in [5.74, 6) is -1.69. The molecule has 1 aliphatic heterocycles. The average Bonchev–Trinajstić information content (AvgIpc) is 3.21. The van der Waals surface area contributed by atoms with Crippen LogP contribution < -0.4 is 16.0 Å². The van der Waals surface area contributed by atoms with Gasteiger partial charge in [-0.1, -0.05) is 53.8 Å². The van der Waals surface area contributed by atoms with Crippen LogP contribution in [0.5, 0.6) is 0 Å². The summed E-state index contributed by atoms with van der Waals surface area (Å²) in [6.45, 7) is 1.93. The van der Waals surface area contributed by atoms with E-state index in [9.17, 15) is 19.2 Å². The summed E-state index contributed by atoms with van der Waals surface area (Å²) in [4.78, 5) is 54.7. The Balaban J connectivity index is 1.44. The first-order valence-electron chi connectivity index (χ1n) is 10.7. The second-order valence-corrected chi connectivity index (χ2v) is 8.43. The van der Waals surface area contributed by atoms with E-state index in [1.807, 2.05) is 30.3 Å². The topological polar surface area (TPSA) is 126 Å². The monoisotopic (exact) mass is 478 g/mol. The lowest BCUT2D eigenvalue weighted by Crippen LogP contribution is -2.41. The fraction of sp³-hybridized carbons (Fsp3) is 0.208. The number of esters is 1. The smallest absolute Gasteiger partial charge is 0.350 e. The zero-order chi connectivity index (χ0) is 24.1. The number of nitrogens with zero attached hydrogens (tertiary/aromatic N) is 1. The van der Waals surface area contributed by atoms with Crippen molar-refractivity contribution in [1.82, 2.24) is 10.3 Å². The Labute approximate surface area is 199 Å². The summed E-state index contributed by atoms with van der Waals surface area (Å²) in [6, 6.07) is 15.0. The van der Waals surface area contributed by atoms with Gasteiger partial charge in [-0.05, 0) is 25.5 Å². The molecule has 2 heterocycles. The van der Waals surface area contributed by atoms with E-state index in [2.05, 4.69) is 20.9 Å². The third kappa shape index (κ3) is 5.12. The van der Waals surface area contributed by atoms with Gasteiger partial charge in [0.05, 0.1) is 23.6 Å². The lowest BCUT2D eigenvalue weighted by atomic mass is 10.1. The molecule has 34 heavy (non-hydrogen) atoms. The molecule has 0 spiro atoms. The molecule has 0 saturated carbocycles. The van der Waals surface area contributed by atoms with E-state index in [0.29, 0.717) is 16.9 Å².